The summed E-state index contributed by atoms with van der Waals surface area (Å²) in [6.07, 6.45) is 3.57. The average Bonchev–Trinajstić information content (AvgIpc) is 2.57. The summed E-state index contributed by atoms with van der Waals surface area (Å²) >= 11 is 0. The fraction of sp³-hybridized carbons (Fsp3) is 0.167. The molecule has 1 aliphatic heterocycles. The molecule has 3 heterocycles. The molecule has 4 rings (SSSR count). The van der Waals surface area contributed by atoms with Crippen molar-refractivity contribution in [3.8, 4) is 11.8 Å². The van der Waals surface area contributed by atoms with Crippen LogP contribution in [0, 0.1) is 11.3 Å². The maximum Gasteiger partial charge on any atom is 0.134 e. The Kier molecular flexibility index (Phi) is 3.28. The number of hydrogen-bond donors (Lipinski definition) is 0. The second-order valence-corrected chi connectivity index (χ2v) is 5.48. The molecule has 0 amide bonds. The minimum atomic E-state index is 0.135. The smallest absolute Gasteiger partial charge is 0.134 e. The summed E-state index contributed by atoms with van der Waals surface area (Å²) in [4.78, 5) is 10.8. The van der Waals surface area contributed by atoms with Crippen LogP contribution in [-0.2, 0) is 0 Å². The number of nitriles is 1. The first kappa shape index (κ1) is 13.5. The van der Waals surface area contributed by atoms with Gasteiger partial charge in [0, 0.05) is 17.8 Å². The van der Waals surface area contributed by atoms with Crippen molar-refractivity contribution in [1.82, 2.24) is 9.97 Å². The van der Waals surface area contributed by atoms with E-state index in [0.29, 0.717) is 5.56 Å². The van der Waals surface area contributed by atoms with Gasteiger partial charge in [0.1, 0.15) is 17.7 Å². The number of hydrogen-bond acceptors (Lipinski definition) is 5. The summed E-state index contributed by atoms with van der Waals surface area (Å²) in [7, 11) is 0. The maximum absolute atomic E-state index is 9.35. The van der Waals surface area contributed by atoms with Crippen LogP contribution in [0.25, 0.3) is 10.9 Å². The van der Waals surface area contributed by atoms with Crippen LogP contribution in [-0.4, -0.2) is 29.2 Å². The van der Waals surface area contributed by atoms with Gasteiger partial charge in [-0.15, -0.1) is 0 Å². The van der Waals surface area contributed by atoms with Crippen molar-refractivity contribution in [2.45, 2.75) is 6.10 Å². The minimum Gasteiger partial charge on any atom is -0.487 e. The van der Waals surface area contributed by atoms with Gasteiger partial charge in [0.25, 0.3) is 0 Å². The summed E-state index contributed by atoms with van der Waals surface area (Å²) in [6.45, 7) is 1.52. The van der Waals surface area contributed by atoms with Gasteiger partial charge >= 0.3 is 0 Å². The van der Waals surface area contributed by atoms with Gasteiger partial charge in [0.05, 0.1) is 30.2 Å². The molecule has 1 saturated heterocycles. The molecule has 2 aromatic heterocycles. The number of fused-ring (bicyclic) bond motifs is 1. The largest absolute Gasteiger partial charge is 0.487 e. The Morgan fingerprint density at radius 3 is 2.70 bits per heavy atom. The van der Waals surface area contributed by atoms with Crippen LogP contribution >= 0.6 is 0 Å². The van der Waals surface area contributed by atoms with Crippen molar-refractivity contribution in [3.05, 3.63) is 60.4 Å². The number of benzene rings is 1. The minimum absolute atomic E-state index is 0.135. The van der Waals surface area contributed by atoms with Crippen molar-refractivity contribution in [2.75, 3.05) is 18.0 Å². The summed E-state index contributed by atoms with van der Waals surface area (Å²) in [5, 5.41) is 10.2. The van der Waals surface area contributed by atoms with E-state index < -0.39 is 0 Å². The molecule has 3 aromatic rings. The third kappa shape index (κ3) is 2.55. The van der Waals surface area contributed by atoms with Crippen LogP contribution in [0.4, 0.5) is 5.82 Å². The standard InChI is InChI=1S/C18H14N4O/c19-10-13-9-18(21-17-4-2-1-3-16(13)17)22-11-15(12-22)23-14-5-7-20-8-6-14/h1-9,15H,11-12H2. The molecule has 5 heteroatoms. The highest BCUT2D eigenvalue weighted by molar-refractivity contribution is 5.86. The Labute approximate surface area is 133 Å². The van der Waals surface area contributed by atoms with Crippen LogP contribution in [0.15, 0.2) is 54.9 Å². The molecule has 1 fully saturated rings. The Morgan fingerprint density at radius 2 is 1.91 bits per heavy atom. The van der Waals surface area contributed by atoms with Gasteiger partial charge in [-0.25, -0.2) is 4.98 Å². The van der Waals surface area contributed by atoms with Gasteiger partial charge in [0.2, 0.25) is 0 Å². The van der Waals surface area contributed by atoms with Gasteiger partial charge in [-0.1, -0.05) is 18.2 Å². The van der Waals surface area contributed by atoms with Crippen molar-refractivity contribution >= 4 is 16.7 Å². The Morgan fingerprint density at radius 1 is 1.13 bits per heavy atom. The molecular weight excluding hydrogens is 288 g/mol. The topological polar surface area (TPSA) is 62.0 Å². The molecule has 0 bridgehead atoms. The number of para-hydroxylation sites is 1. The lowest BCUT2D eigenvalue weighted by Gasteiger charge is -2.39. The van der Waals surface area contributed by atoms with Gasteiger partial charge in [0.15, 0.2) is 0 Å². The van der Waals surface area contributed by atoms with Crippen LogP contribution in [0.1, 0.15) is 5.56 Å². The molecule has 5 nitrogen and oxygen atoms in total. The quantitative estimate of drug-likeness (QED) is 0.744. The van der Waals surface area contributed by atoms with E-state index in [9.17, 15) is 5.26 Å². The average molecular weight is 302 g/mol. The van der Waals surface area contributed by atoms with E-state index >= 15 is 0 Å². The highest BCUT2D eigenvalue weighted by atomic mass is 16.5. The highest BCUT2D eigenvalue weighted by Crippen LogP contribution is 2.27. The highest BCUT2D eigenvalue weighted by Gasteiger charge is 2.30. The van der Waals surface area contributed by atoms with Gasteiger partial charge in [-0.2, -0.15) is 5.26 Å². The fourth-order valence-corrected chi connectivity index (χ4v) is 2.72. The summed E-state index contributed by atoms with van der Waals surface area (Å²) in [5.74, 6) is 1.66. The van der Waals surface area contributed by atoms with Crippen LogP contribution in [0.2, 0.25) is 0 Å². The lowest BCUT2D eigenvalue weighted by molar-refractivity contribution is 0.167. The van der Waals surface area contributed by atoms with Crippen molar-refractivity contribution in [2.24, 2.45) is 0 Å². The number of rotatable bonds is 3. The zero-order valence-electron chi connectivity index (χ0n) is 12.4. The molecule has 0 atom stereocenters. The van der Waals surface area contributed by atoms with E-state index in [-0.39, 0.29) is 6.10 Å². The van der Waals surface area contributed by atoms with E-state index in [4.69, 9.17) is 4.74 Å². The molecule has 0 aliphatic carbocycles. The third-order valence-electron chi connectivity index (χ3n) is 3.95. The number of ether oxygens (including phenoxy) is 1. The predicted octanol–water partition coefficient (Wildman–Crippen LogP) is 2.77. The van der Waals surface area contributed by atoms with E-state index in [2.05, 4.69) is 20.9 Å². The molecule has 112 valence electrons. The Hall–Kier alpha value is -3.13. The zero-order chi connectivity index (χ0) is 15.6. The first-order valence-corrected chi connectivity index (χ1v) is 7.45. The fourth-order valence-electron chi connectivity index (χ4n) is 2.72. The summed E-state index contributed by atoms with van der Waals surface area (Å²) in [6, 6.07) is 15.5. The Bertz CT molecular complexity index is 882. The van der Waals surface area contributed by atoms with Crippen LogP contribution in [0.5, 0.6) is 5.75 Å². The monoisotopic (exact) mass is 302 g/mol. The lowest BCUT2D eigenvalue weighted by Crippen LogP contribution is -2.54. The van der Waals surface area contributed by atoms with Gasteiger partial charge in [-0.3, -0.25) is 4.98 Å². The van der Waals surface area contributed by atoms with E-state index in [1.165, 1.54) is 0 Å². The Balaban J connectivity index is 1.52. The SMILES string of the molecule is N#Cc1cc(N2CC(Oc3ccncc3)C2)nc2ccccc12. The molecule has 0 radical (unpaired) electrons. The molecule has 0 N–H and O–H groups in total. The van der Waals surface area contributed by atoms with Crippen molar-refractivity contribution < 1.29 is 4.74 Å². The van der Waals surface area contributed by atoms with Crippen LogP contribution in [0.3, 0.4) is 0 Å². The first-order chi connectivity index (χ1) is 11.3. The van der Waals surface area contributed by atoms with Crippen LogP contribution < -0.4 is 9.64 Å². The molecule has 0 spiro atoms. The molecule has 1 aromatic carbocycles. The first-order valence-electron chi connectivity index (χ1n) is 7.45. The number of anilines is 1. The second kappa shape index (κ2) is 5.58. The predicted molar refractivity (Wildman–Crippen MR) is 87.3 cm³/mol. The summed E-state index contributed by atoms with van der Waals surface area (Å²) in [5.41, 5.74) is 1.50. The number of aromatic nitrogens is 2. The number of nitrogens with zero attached hydrogens (tertiary/aromatic N) is 4. The third-order valence-corrected chi connectivity index (χ3v) is 3.95. The summed E-state index contributed by atoms with van der Waals surface area (Å²) < 4.78 is 5.87. The van der Waals surface area contributed by atoms with E-state index in [0.717, 1.165) is 35.6 Å². The van der Waals surface area contributed by atoms with Crippen molar-refractivity contribution in [3.63, 3.8) is 0 Å². The van der Waals surface area contributed by atoms with E-state index in [1.807, 2.05) is 42.5 Å². The zero-order valence-corrected chi connectivity index (χ0v) is 12.4. The molecule has 0 unspecified atom stereocenters. The maximum atomic E-state index is 9.35. The molecular formula is C18H14N4O. The molecule has 23 heavy (non-hydrogen) atoms. The van der Waals surface area contributed by atoms with Crippen molar-refractivity contribution in [1.29, 1.82) is 5.26 Å². The van der Waals surface area contributed by atoms with Gasteiger partial charge < -0.3 is 9.64 Å². The second-order valence-electron chi connectivity index (χ2n) is 5.48. The normalized spacial score (nSPS) is 14.3. The lowest BCUT2D eigenvalue weighted by atomic mass is 10.1. The molecule has 0 saturated carbocycles. The number of pyridine rings is 2. The van der Waals surface area contributed by atoms with E-state index in [1.54, 1.807) is 12.4 Å². The van der Waals surface area contributed by atoms with Gasteiger partial charge in [-0.05, 0) is 24.3 Å². The molecule has 1 aliphatic rings.